The zero-order chi connectivity index (χ0) is 7.40. The van der Waals surface area contributed by atoms with Gasteiger partial charge in [-0.2, -0.15) is 0 Å². The Labute approximate surface area is 62.2 Å². The second-order valence-electron chi connectivity index (χ2n) is 2.67. The molecule has 1 aliphatic rings. The average Bonchev–Trinajstić information content (AvgIpc) is 2.38. The van der Waals surface area contributed by atoms with Crippen LogP contribution in [0.4, 0.5) is 0 Å². The van der Waals surface area contributed by atoms with Crippen molar-refractivity contribution in [1.82, 2.24) is 0 Å². The maximum atomic E-state index is 4.05. The Morgan fingerprint density at radius 1 is 1.90 bits per heavy atom. The molecule has 0 N–H and O–H groups in total. The van der Waals surface area contributed by atoms with E-state index in [-0.39, 0.29) is 0 Å². The minimum absolute atomic E-state index is 0.625. The van der Waals surface area contributed by atoms with Crippen LogP contribution in [0, 0.1) is 5.92 Å². The summed E-state index contributed by atoms with van der Waals surface area (Å²) in [5, 5.41) is 0. The molecule has 1 aliphatic heterocycles. The van der Waals surface area contributed by atoms with Gasteiger partial charge in [-0.3, -0.25) is 4.99 Å². The summed E-state index contributed by atoms with van der Waals surface area (Å²) in [5.41, 5.74) is 1.43. The largest absolute Gasteiger partial charge is 0.269 e. The second kappa shape index (κ2) is 3.35. The van der Waals surface area contributed by atoms with Gasteiger partial charge in [-0.15, -0.1) is 6.58 Å². The molecule has 0 bridgehead atoms. The molecule has 0 radical (unpaired) electrons. The first kappa shape index (κ1) is 7.26. The summed E-state index contributed by atoms with van der Waals surface area (Å²) >= 11 is 0. The number of nitrogens with zero attached hydrogens (tertiary/aromatic N) is 1. The number of aliphatic imine (C=N–C) groups is 1. The predicted octanol–water partition coefficient (Wildman–Crippen LogP) is 2.56. The number of hydrogen-bond acceptors (Lipinski definition) is 1. The fraction of sp³-hybridized carbons (Fsp3) is 0.444. The van der Waals surface area contributed by atoms with E-state index < -0.39 is 0 Å². The zero-order valence-electron chi connectivity index (χ0n) is 6.38. The fourth-order valence-corrected chi connectivity index (χ4v) is 1.09. The van der Waals surface area contributed by atoms with E-state index in [2.05, 4.69) is 18.5 Å². The van der Waals surface area contributed by atoms with Crippen LogP contribution in [0.15, 0.2) is 29.4 Å². The van der Waals surface area contributed by atoms with E-state index in [4.69, 9.17) is 0 Å². The SMILES string of the molecule is C=CCC(C)C1=CN=CC1. The van der Waals surface area contributed by atoms with Crippen LogP contribution in [0.1, 0.15) is 19.8 Å². The quantitative estimate of drug-likeness (QED) is 0.527. The Hall–Kier alpha value is -0.850. The standard InChI is InChI=1S/C9H13N/c1-3-4-8(2)9-5-6-10-7-9/h3,6-8H,1,4-5H2,2H3. The van der Waals surface area contributed by atoms with Gasteiger partial charge in [0.2, 0.25) is 0 Å². The zero-order valence-corrected chi connectivity index (χ0v) is 6.38. The van der Waals surface area contributed by atoms with E-state index in [0.29, 0.717) is 5.92 Å². The summed E-state index contributed by atoms with van der Waals surface area (Å²) in [7, 11) is 0. The molecule has 10 heavy (non-hydrogen) atoms. The molecule has 0 saturated heterocycles. The van der Waals surface area contributed by atoms with Crippen LogP contribution in [0.3, 0.4) is 0 Å². The van der Waals surface area contributed by atoms with E-state index in [1.165, 1.54) is 5.57 Å². The number of rotatable bonds is 3. The molecule has 0 aromatic carbocycles. The van der Waals surface area contributed by atoms with Gasteiger partial charge in [-0.1, -0.05) is 13.0 Å². The molecule has 1 nitrogen and oxygen atoms in total. The van der Waals surface area contributed by atoms with E-state index in [9.17, 15) is 0 Å². The predicted molar refractivity (Wildman–Crippen MR) is 45.2 cm³/mol. The first-order valence-electron chi connectivity index (χ1n) is 3.66. The van der Waals surface area contributed by atoms with Crippen molar-refractivity contribution in [3.63, 3.8) is 0 Å². The van der Waals surface area contributed by atoms with Crippen LogP contribution in [-0.4, -0.2) is 6.21 Å². The lowest BCUT2D eigenvalue weighted by atomic mass is 9.97. The van der Waals surface area contributed by atoms with Gasteiger partial charge in [0, 0.05) is 18.8 Å². The van der Waals surface area contributed by atoms with Gasteiger partial charge < -0.3 is 0 Å². The van der Waals surface area contributed by atoms with Crippen molar-refractivity contribution in [2.45, 2.75) is 19.8 Å². The molecule has 1 heterocycles. The van der Waals surface area contributed by atoms with Crippen LogP contribution < -0.4 is 0 Å². The summed E-state index contributed by atoms with van der Waals surface area (Å²) in [6, 6.07) is 0. The third-order valence-electron chi connectivity index (χ3n) is 1.83. The van der Waals surface area contributed by atoms with Crippen LogP contribution in [0.25, 0.3) is 0 Å². The highest BCUT2D eigenvalue weighted by atomic mass is 14.7. The van der Waals surface area contributed by atoms with Gasteiger partial charge in [0.05, 0.1) is 0 Å². The maximum Gasteiger partial charge on any atom is 0.0262 e. The molecule has 1 rings (SSSR count). The Kier molecular flexibility index (Phi) is 2.43. The molecule has 1 unspecified atom stereocenters. The molecular formula is C9H13N. The summed E-state index contributed by atoms with van der Waals surface area (Å²) in [6.07, 6.45) is 7.98. The Morgan fingerprint density at radius 3 is 3.20 bits per heavy atom. The highest BCUT2D eigenvalue weighted by molar-refractivity contribution is 5.65. The summed E-state index contributed by atoms with van der Waals surface area (Å²) in [6.45, 7) is 5.91. The van der Waals surface area contributed by atoms with Gasteiger partial charge in [0.1, 0.15) is 0 Å². The minimum Gasteiger partial charge on any atom is -0.269 e. The summed E-state index contributed by atoms with van der Waals surface area (Å²) < 4.78 is 0. The van der Waals surface area contributed by atoms with Crippen LogP contribution in [0.5, 0.6) is 0 Å². The Balaban J connectivity index is 2.42. The number of allylic oxidation sites excluding steroid dienone is 2. The lowest BCUT2D eigenvalue weighted by Crippen LogP contribution is -1.95. The van der Waals surface area contributed by atoms with Gasteiger partial charge in [-0.05, 0) is 17.9 Å². The molecule has 0 aliphatic carbocycles. The normalized spacial score (nSPS) is 18.7. The van der Waals surface area contributed by atoms with Crippen molar-refractivity contribution >= 4 is 6.21 Å². The van der Waals surface area contributed by atoms with E-state index >= 15 is 0 Å². The van der Waals surface area contributed by atoms with Gasteiger partial charge in [0.15, 0.2) is 0 Å². The average molecular weight is 135 g/mol. The summed E-state index contributed by atoms with van der Waals surface area (Å²) in [4.78, 5) is 4.05. The van der Waals surface area contributed by atoms with Crippen molar-refractivity contribution in [1.29, 1.82) is 0 Å². The topological polar surface area (TPSA) is 12.4 Å². The number of hydrogen-bond donors (Lipinski definition) is 0. The van der Waals surface area contributed by atoms with E-state index in [0.717, 1.165) is 12.8 Å². The Morgan fingerprint density at radius 2 is 2.70 bits per heavy atom. The maximum absolute atomic E-state index is 4.05. The molecule has 0 spiro atoms. The smallest absolute Gasteiger partial charge is 0.0262 e. The molecule has 0 saturated carbocycles. The molecular weight excluding hydrogens is 122 g/mol. The monoisotopic (exact) mass is 135 g/mol. The van der Waals surface area contributed by atoms with Crippen molar-refractivity contribution < 1.29 is 0 Å². The highest BCUT2D eigenvalue weighted by Gasteiger charge is 2.07. The first-order valence-corrected chi connectivity index (χ1v) is 3.66. The van der Waals surface area contributed by atoms with E-state index in [1.54, 1.807) is 0 Å². The van der Waals surface area contributed by atoms with Crippen LogP contribution in [-0.2, 0) is 0 Å². The lowest BCUT2D eigenvalue weighted by molar-refractivity contribution is 0.688. The summed E-state index contributed by atoms with van der Waals surface area (Å²) in [5.74, 6) is 0.625. The molecule has 0 fully saturated rings. The van der Waals surface area contributed by atoms with Gasteiger partial charge in [0.25, 0.3) is 0 Å². The first-order chi connectivity index (χ1) is 4.84. The molecule has 0 aromatic rings. The Bertz CT molecular complexity index is 177. The third-order valence-corrected chi connectivity index (χ3v) is 1.83. The third kappa shape index (κ3) is 1.56. The minimum atomic E-state index is 0.625. The fourth-order valence-electron chi connectivity index (χ4n) is 1.09. The van der Waals surface area contributed by atoms with Gasteiger partial charge >= 0.3 is 0 Å². The molecule has 1 heteroatoms. The second-order valence-corrected chi connectivity index (χ2v) is 2.67. The molecule has 1 atom stereocenters. The molecule has 0 aromatic heterocycles. The lowest BCUT2D eigenvalue weighted by Gasteiger charge is -2.07. The van der Waals surface area contributed by atoms with Crippen molar-refractivity contribution in [3.05, 3.63) is 24.4 Å². The van der Waals surface area contributed by atoms with Crippen molar-refractivity contribution in [2.75, 3.05) is 0 Å². The van der Waals surface area contributed by atoms with Crippen molar-refractivity contribution in [3.8, 4) is 0 Å². The van der Waals surface area contributed by atoms with Crippen molar-refractivity contribution in [2.24, 2.45) is 10.9 Å². The highest BCUT2D eigenvalue weighted by Crippen LogP contribution is 2.20. The van der Waals surface area contributed by atoms with E-state index in [1.807, 2.05) is 18.5 Å². The molecule has 0 amide bonds. The van der Waals surface area contributed by atoms with Crippen LogP contribution >= 0.6 is 0 Å². The van der Waals surface area contributed by atoms with Gasteiger partial charge in [-0.25, -0.2) is 0 Å². The molecule has 54 valence electrons. The van der Waals surface area contributed by atoms with Crippen LogP contribution in [0.2, 0.25) is 0 Å².